The van der Waals surface area contributed by atoms with E-state index in [0.717, 1.165) is 0 Å². The van der Waals surface area contributed by atoms with Crippen LogP contribution in [0.1, 0.15) is 103 Å². The summed E-state index contributed by atoms with van der Waals surface area (Å²) in [4.78, 5) is 25.7. The molecule has 1 aromatic carbocycles. The van der Waals surface area contributed by atoms with Crippen molar-refractivity contribution in [3.05, 3.63) is 35.4 Å². The first kappa shape index (κ1) is 24.2. The van der Waals surface area contributed by atoms with Crippen LogP contribution < -0.4 is 0 Å². The molecule has 0 saturated heterocycles. The molecule has 0 aliphatic rings. The van der Waals surface area contributed by atoms with Gasteiger partial charge in [-0.1, -0.05) is 53.7 Å². The molecule has 0 unspecified atom stereocenters. The fourth-order valence-electron chi connectivity index (χ4n) is 4.08. The highest BCUT2D eigenvalue weighted by molar-refractivity contribution is 6.03. The lowest BCUT2D eigenvalue weighted by Gasteiger charge is -2.33. The van der Waals surface area contributed by atoms with Crippen molar-refractivity contribution in [3.63, 3.8) is 0 Å². The van der Waals surface area contributed by atoms with Gasteiger partial charge >= 0.3 is 11.9 Å². The van der Waals surface area contributed by atoms with Crippen molar-refractivity contribution in [2.24, 2.45) is 10.8 Å². The van der Waals surface area contributed by atoms with E-state index in [4.69, 9.17) is 9.47 Å². The molecule has 1 rings (SSSR count). The summed E-state index contributed by atoms with van der Waals surface area (Å²) in [5, 5.41) is 0. The Morgan fingerprint density at radius 2 is 0.929 bits per heavy atom. The smallest absolute Gasteiger partial charge is 0.339 e. The van der Waals surface area contributed by atoms with E-state index in [-0.39, 0.29) is 22.0 Å². The van der Waals surface area contributed by atoms with E-state index in [9.17, 15) is 9.59 Å². The standard InChI is InChI=1S/C24H38O4/c1-21(2,3)15-23(7,8)27-19(25)17-13-11-12-14-18(17)20(26)28-24(9,10)16-22(4,5)6/h11-14H,15-16H2,1-10H3. The molecule has 1 aromatic rings. The van der Waals surface area contributed by atoms with Crippen LogP contribution in [0, 0.1) is 10.8 Å². The molecule has 0 spiro atoms. The van der Waals surface area contributed by atoms with Gasteiger partial charge < -0.3 is 9.47 Å². The Kier molecular flexibility index (Phi) is 7.14. The van der Waals surface area contributed by atoms with Crippen LogP contribution in [0.3, 0.4) is 0 Å². The SMILES string of the molecule is CC(C)(C)CC(C)(C)OC(=O)c1ccccc1C(=O)OC(C)(C)CC(C)(C)C. The highest BCUT2D eigenvalue weighted by Crippen LogP contribution is 2.32. The van der Waals surface area contributed by atoms with Crippen LogP contribution >= 0.6 is 0 Å². The minimum absolute atomic E-state index is 0.0131. The quantitative estimate of drug-likeness (QED) is 0.525. The van der Waals surface area contributed by atoms with E-state index in [1.165, 1.54) is 0 Å². The van der Waals surface area contributed by atoms with Gasteiger partial charge in [-0.15, -0.1) is 0 Å². The van der Waals surface area contributed by atoms with E-state index in [0.29, 0.717) is 12.8 Å². The zero-order chi connectivity index (χ0) is 22.0. The molecule has 0 aliphatic heterocycles. The van der Waals surface area contributed by atoms with Crippen molar-refractivity contribution in [1.29, 1.82) is 0 Å². The summed E-state index contributed by atoms with van der Waals surface area (Å²) in [6.45, 7) is 20.2. The third-order valence-corrected chi connectivity index (χ3v) is 4.02. The Morgan fingerprint density at radius 1 is 0.643 bits per heavy atom. The van der Waals surface area contributed by atoms with Crippen LogP contribution in [0.2, 0.25) is 0 Å². The molecule has 0 N–H and O–H groups in total. The molecule has 4 heteroatoms. The Balaban J connectivity index is 3.04. The molecule has 4 nitrogen and oxygen atoms in total. The third-order valence-electron chi connectivity index (χ3n) is 4.02. The number of hydrogen-bond acceptors (Lipinski definition) is 4. The van der Waals surface area contributed by atoms with Crippen LogP contribution in [-0.4, -0.2) is 23.1 Å². The van der Waals surface area contributed by atoms with Gasteiger partial charge in [-0.2, -0.15) is 0 Å². The normalized spacial score (nSPS) is 13.2. The predicted octanol–water partition coefficient (Wildman–Crippen LogP) is 6.43. The van der Waals surface area contributed by atoms with Crippen LogP contribution in [0.25, 0.3) is 0 Å². The molecule has 0 bridgehead atoms. The molecule has 28 heavy (non-hydrogen) atoms. The molecule has 0 fully saturated rings. The molecule has 0 aromatic heterocycles. The van der Waals surface area contributed by atoms with E-state index in [1.54, 1.807) is 24.3 Å². The third kappa shape index (κ3) is 8.45. The summed E-state index contributed by atoms with van der Waals surface area (Å²) in [6.07, 6.45) is 1.41. The summed E-state index contributed by atoms with van der Waals surface area (Å²) in [5.74, 6) is -1.01. The number of hydrogen-bond donors (Lipinski definition) is 0. The van der Waals surface area contributed by atoms with Gasteiger partial charge in [-0.3, -0.25) is 0 Å². The second kappa shape index (κ2) is 8.26. The van der Waals surface area contributed by atoms with E-state index in [1.807, 2.05) is 27.7 Å². The lowest BCUT2D eigenvalue weighted by Crippen LogP contribution is -2.35. The topological polar surface area (TPSA) is 52.6 Å². The van der Waals surface area contributed by atoms with Crippen LogP contribution in [0.5, 0.6) is 0 Å². The number of carbonyl (C=O) groups excluding carboxylic acids is 2. The first-order chi connectivity index (χ1) is 12.4. The van der Waals surface area contributed by atoms with Gasteiger partial charge in [0, 0.05) is 0 Å². The van der Waals surface area contributed by atoms with Crippen molar-refractivity contribution in [1.82, 2.24) is 0 Å². The van der Waals surface area contributed by atoms with Gasteiger partial charge in [0.15, 0.2) is 0 Å². The second-order valence-electron chi connectivity index (χ2n) is 11.3. The minimum atomic E-state index is -0.641. The highest BCUT2D eigenvalue weighted by atomic mass is 16.6. The van der Waals surface area contributed by atoms with Gasteiger partial charge in [-0.05, 0) is 63.5 Å². The van der Waals surface area contributed by atoms with Crippen LogP contribution in [0.4, 0.5) is 0 Å². The van der Waals surface area contributed by atoms with Gasteiger partial charge in [0.05, 0.1) is 11.1 Å². The highest BCUT2D eigenvalue weighted by Gasteiger charge is 2.33. The van der Waals surface area contributed by atoms with Crippen molar-refractivity contribution < 1.29 is 19.1 Å². The monoisotopic (exact) mass is 390 g/mol. The molecular formula is C24H38O4. The molecule has 158 valence electrons. The molecule has 0 radical (unpaired) electrons. The fraction of sp³-hybridized carbons (Fsp3) is 0.667. The van der Waals surface area contributed by atoms with Gasteiger partial charge in [-0.25, -0.2) is 9.59 Å². The van der Waals surface area contributed by atoms with E-state index >= 15 is 0 Å². The molecule has 0 saturated carbocycles. The Morgan fingerprint density at radius 3 is 1.18 bits per heavy atom. The molecule has 0 heterocycles. The second-order valence-corrected chi connectivity index (χ2v) is 11.3. The average molecular weight is 391 g/mol. The van der Waals surface area contributed by atoms with Gasteiger partial charge in [0.25, 0.3) is 0 Å². The molecular weight excluding hydrogens is 352 g/mol. The lowest BCUT2D eigenvalue weighted by atomic mass is 9.83. The van der Waals surface area contributed by atoms with Crippen LogP contribution in [0.15, 0.2) is 24.3 Å². The number of rotatable bonds is 6. The summed E-state index contributed by atoms with van der Waals surface area (Å²) >= 11 is 0. The maximum absolute atomic E-state index is 12.8. The summed E-state index contributed by atoms with van der Waals surface area (Å²) in [7, 11) is 0. The summed E-state index contributed by atoms with van der Waals surface area (Å²) in [6, 6.07) is 6.68. The number of carbonyl (C=O) groups is 2. The molecule has 0 amide bonds. The van der Waals surface area contributed by atoms with E-state index < -0.39 is 23.1 Å². The molecule has 0 atom stereocenters. The Hall–Kier alpha value is -1.84. The minimum Gasteiger partial charge on any atom is -0.456 e. The maximum atomic E-state index is 12.8. The van der Waals surface area contributed by atoms with Crippen molar-refractivity contribution in [3.8, 4) is 0 Å². The predicted molar refractivity (Wildman–Crippen MR) is 114 cm³/mol. The van der Waals surface area contributed by atoms with Crippen molar-refractivity contribution >= 4 is 11.9 Å². The zero-order valence-corrected chi connectivity index (χ0v) is 19.4. The van der Waals surface area contributed by atoms with Gasteiger partial charge in [0.2, 0.25) is 0 Å². The first-order valence-electron chi connectivity index (χ1n) is 9.97. The number of ether oxygens (including phenoxy) is 2. The van der Waals surface area contributed by atoms with Gasteiger partial charge in [0.1, 0.15) is 11.2 Å². The first-order valence-corrected chi connectivity index (χ1v) is 9.97. The number of benzene rings is 1. The average Bonchev–Trinajstić information content (AvgIpc) is 2.40. The number of esters is 2. The molecule has 0 aliphatic carbocycles. The summed E-state index contributed by atoms with van der Waals surface area (Å²) < 4.78 is 11.5. The Labute approximate surface area is 171 Å². The Bertz CT molecular complexity index is 639. The lowest BCUT2D eigenvalue weighted by molar-refractivity contribution is -0.0225. The summed E-state index contributed by atoms with van der Waals surface area (Å²) in [5.41, 5.74) is -0.782. The fourth-order valence-corrected chi connectivity index (χ4v) is 4.08. The zero-order valence-electron chi connectivity index (χ0n) is 19.4. The van der Waals surface area contributed by atoms with Crippen molar-refractivity contribution in [2.75, 3.05) is 0 Å². The van der Waals surface area contributed by atoms with Crippen molar-refractivity contribution in [2.45, 2.75) is 93.3 Å². The maximum Gasteiger partial charge on any atom is 0.339 e. The van der Waals surface area contributed by atoms with Crippen LogP contribution in [-0.2, 0) is 9.47 Å². The largest absolute Gasteiger partial charge is 0.456 e. The van der Waals surface area contributed by atoms with E-state index in [2.05, 4.69) is 41.5 Å².